The predicted molar refractivity (Wildman–Crippen MR) is 129 cm³/mol. The molecule has 1 aliphatic rings. The Morgan fingerprint density at radius 1 is 1.15 bits per heavy atom. The van der Waals surface area contributed by atoms with Gasteiger partial charge < -0.3 is 19.9 Å². The number of H-pyrrole nitrogens is 2. The van der Waals surface area contributed by atoms with Crippen LogP contribution in [0.1, 0.15) is 12.0 Å². The third-order valence-corrected chi connectivity index (χ3v) is 6.54. The average molecular weight is 467 g/mol. The first-order valence-corrected chi connectivity index (χ1v) is 12.0. The van der Waals surface area contributed by atoms with Crippen LogP contribution in [0.25, 0.3) is 22.1 Å². The van der Waals surface area contributed by atoms with Crippen molar-refractivity contribution >= 4 is 39.4 Å². The molecule has 33 heavy (non-hydrogen) atoms. The molecular formula is C23H26N6O3S. The molecule has 4 aromatic rings. The number of nitrogens with one attached hydrogen (secondary N) is 3. The van der Waals surface area contributed by atoms with Crippen LogP contribution in [-0.4, -0.2) is 70.1 Å². The number of carbonyl (C=O) groups excluding carboxylic acids is 1. The zero-order valence-electron chi connectivity index (χ0n) is 18.2. The van der Waals surface area contributed by atoms with Crippen molar-refractivity contribution in [2.75, 3.05) is 39.3 Å². The van der Waals surface area contributed by atoms with Gasteiger partial charge in [0.2, 0.25) is 0 Å². The second-order valence-corrected chi connectivity index (χ2v) is 8.87. The molecule has 0 spiro atoms. The van der Waals surface area contributed by atoms with Gasteiger partial charge in [-0.3, -0.25) is 9.88 Å². The van der Waals surface area contributed by atoms with Crippen LogP contribution < -0.4 is 15.7 Å². The van der Waals surface area contributed by atoms with Gasteiger partial charge in [0.15, 0.2) is 11.4 Å². The lowest BCUT2D eigenvalue weighted by atomic mass is 10.2. The lowest BCUT2D eigenvalue weighted by Crippen LogP contribution is -2.51. The summed E-state index contributed by atoms with van der Waals surface area (Å²) in [6, 6.07) is 9.73. The second kappa shape index (κ2) is 9.63. The minimum atomic E-state index is -0.319. The molecule has 5 rings (SSSR count). The number of pyridine rings is 1. The highest BCUT2D eigenvalue weighted by atomic mass is 32.1. The Kier molecular flexibility index (Phi) is 6.27. The molecule has 3 aromatic heterocycles. The first-order chi connectivity index (χ1) is 16.2. The Balaban J connectivity index is 1.10. The van der Waals surface area contributed by atoms with E-state index in [2.05, 4.69) is 42.0 Å². The molecule has 0 atom stereocenters. The molecule has 3 N–H and O–H groups in total. The fraction of sp³-hybridized carbons (Fsp3) is 0.348. The molecule has 4 heterocycles. The molecule has 10 heteroatoms. The molecular weight excluding hydrogens is 440 g/mol. The van der Waals surface area contributed by atoms with E-state index in [-0.39, 0.29) is 11.7 Å². The Morgan fingerprint density at radius 2 is 2.00 bits per heavy atom. The summed E-state index contributed by atoms with van der Waals surface area (Å²) in [5.41, 5.74) is 2.80. The summed E-state index contributed by atoms with van der Waals surface area (Å²) in [4.78, 5) is 38.4. The van der Waals surface area contributed by atoms with Crippen LogP contribution in [-0.2, 0) is 6.54 Å². The smallest absolute Gasteiger partial charge is 0.325 e. The Morgan fingerprint density at radius 3 is 2.82 bits per heavy atom. The molecule has 1 aromatic carbocycles. The van der Waals surface area contributed by atoms with Crippen molar-refractivity contribution in [3.8, 4) is 5.75 Å². The number of thiophene rings is 1. The van der Waals surface area contributed by atoms with Gasteiger partial charge in [-0.05, 0) is 40.9 Å². The number of hydrogen-bond donors (Lipinski definition) is 3. The van der Waals surface area contributed by atoms with E-state index in [0.717, 1.165) is 43.6 Å². The fourth-order valence-electron chi connectivity index (χ4n) is 4.09. The highest BCUT2D eigenvalue weighted by Crippen LogP contribution is 2.30. The number of piperazine rings is 1. The summed E-state index contributed by atoms with van der Waals surface area (Å²) in [6.45, 7) is 5.09. The number of aromatic amines is 2. The Labute approximate surface area is 194 Å². The third kappa shape index (κ3) is 4.86. The van der Waals surface area contributed by atoms with Crippen LogP contribution in [0.2, 0.25) is 0 Å². The summed E-state index contributed by atoms with van der Waals surface area (Å²) in [5.74, 6) is 0.599. The number of para-hydroxylation sites is 1. The van der Waals surface area contributed by atoms with Crippen molar-refractivity contribution in [3.63, 3.8) is 0 Å². The van der Waals surface area contributed by atoms with Crippen LogP contribution in [0.3, 0.4) is 0 Å². The van der Waals surface area contributed by atoms with E-state index in [1.54, 1.807) is 11.3 Å². The minimum Gasteiger partial charge on any atom is -0.490 e. The molecule has 1 aliphatic heterocycles. The maximum atomic E-state index is 12.5. The van der Waals surface area contributed by atoms with Crippen molar-refractivity contribution < 1.29 is 9.53 Å². The molecule has 0 unspecified atom stereocenters. The highest BCUT2D eigenvalue weighted by Gasteiger charge is 2.21. The maximum Gasteiger partial charge on any atom is 0.325 e. The van der Waals surface area contributed by atoms with Crippen molar-refractivity contribution in [3.05, 3.63) is 57.1 Å². The second-order valence-electron chi connectivity index (χ2n) is 8.09. The number of carbonyl (C=O) groups is 1. The quantitative estimate of drug-likeness (QED) is 0.363. The summed E-state index contributed by atoms with van der Waals surface area (Å²) in [7, 11) is 0. The average Bonchev–Trinajstić information content (AvgIpc) is 3.47. The molecule has 0 saturated carbocycles. The topological polar surface area (TPSA) is 106 Å². The molecule has 172 valence electrons. The van der Waals surface area contributed by atoms with Crippen LogP contribution in [0.4, 0.5) is 4.79 Å². The van der Waals surface area contributed by atoms with Gasteiger partial charge in [0.05, 0.1) is 12.1 Å². The Hall–Kier alpha value is -3.37. The molecule has 0 aliphatic carbocycles. The van der Waals surface area contributed by atoms with Gasteiger partial charge in [-0.25, -0.2) is 14.6 Å². The summed E-state index contributed by atoms with van der Waals surface area (Å²) in [6.07, 6.45) is 0.649. The van der Waals surface area contributed by atoms with E-state index in [0.29, 0.717) is 36.5 Å². The number of hydrogen-bond acceptors (Lipinski definition) is 6. The van der Waals surface area contributed by atoms with Crippen LogP contribution >= 0.6 is 11.3 Å². The molecule has 2 amide bonds. The van der Waals surface area contributed by atoms with Crippen LogP contribution in [0.15, 0.2) is 45.9 Å². The van der Waals surface area contributed by atoms with Gasteiger partial charge in [0, 0.05) is 44.7 Å². The maximum absolute atomic E-state index is 12.5. The van der Waals surface area contributed by atoms with Crippen LogP contribution in [0, 0.1) is 0 Å². The number of aromatic nitrogens is 3. The zero-order chi connectivity index (χ0) is 22.6. The predicted octanol–water partition coefficient (Wildman–Crippen LogP) is 2.76. The number of ether oxygens (including phenoxy) is 1. The summed E-state index contributed by atoms with van der Waals surface area (Å²) >= 11 is 1.72. The lowest BCUT2D eigenvalue weighted by molar-refractivity contribution is 0.135. The van der Waals surface area contributed by atoms with E-state index in [1.165, 1.54) is 5.56 Å². The van der Waals surface area contributed by atoms with E-state index in [1.807, 2.05) is 29.2 Å². The van der Waals surface area contributed by atoms with Crippen molar-refractivity contribution in [2.45, 2.75) is 13.0 Å². The molecule has 1 saturated heterocycles. The number of benzene rings is 1. The van der Waals surface area contributed by atoms with Gasteiger partial charge in [-0.1, -0.05) is 12.1 Å². The van der Waals surface area contributed by atoms with E-state index >= 15 is 0 Å². The first-order valence-electron chi connectivity index (χ1n) is 11.1. The largest absolute Gasteiger partial charge is 0.490 e. The van der Waals surface area contributed by atoms with Gasteiger partial charge in [-0.2, -0.15) is 11.3 Å². The van der Waals surface area contributed by atoms with Gasteiger partial charge >= 0.3 is 11.7 Å². The number of fused-ring (bicyclic) bond motifs is 2. The summed E-state index contributed by atoms with van der Waals surface area (Å²) < 4.78 is 6.04. The fourth-order valence-corrected chi connectivity index (χ4v) is 4.75. The van der Waals surface area contributed by atoms with Gasteiger partial charge in [0.25, 0.3) is 0 Å². The van der Waals surface area contributed by atoms with E-state index in [4.69, 9.17) is 4.74 Å². The van der Waals surface area contributed by atoms with Crippen molar-refractivity contribution in [2.24, 2.45) is 0 Å². The third-order valence-electron chi connectivity index (χ3n) is 5.80. The SMILES string of the molecule is O=C(NCCCOc1c2ccccc2nc2[nH]c(=O)[nH]c12)N1CCN(Cc2ccsc2)CC1. The van der Waals surface area contributed by atoms with Crippen molar-refractivity contribution in [1.82, 2.24) is 30.1 Å². The highest BCUT2D eigenvalue weighted by molar-refractivity contribution is 7.07. The van der Waals surface area contributed by atoms with Crippen LogP contribution in [0.5, 0.6) is 5.75 Å². The molecule has 0 radical (unpaired) electrons. The van der Waals surface area contributed by atoms with E-state index in [9.17, 15) is 9.59 Å². The van der Waals surface area contributed by atoms with E-state index < -0.39 is 0 Å². The van der Waals surface area contributed by atoms with Gasteiger partial charge in [0.1, 0.15) is 5.52 Å². The number of nitrogens with zero attached hydrogens (tertiary/aromatic N) is 3. The molecule has 9 nitrogen and oxygen atoms in total. The lowest BCUT2D eigenvalue weighted by Gasteiger charge is -2.34. The zero-order valence-corrected chi connectivity index (χ0v) is 19.0. The van der Waals surface area contributed by atoms with Gasteiger partial charge in [-0.15, -0.1) is 0 Å². The monoisotopic (exact) mass is 466 g/mol. The first kappa shape index (κ1) is 21.5. The molecule has 1 fully saturated rings. The minimum absolute atomic E-state index is 0.0306. The Bertz CT molecular complexity index is 1290. The number of amides is 2. The molecule has 0 bridgehead atoms. The summed E-state index contributed by atoms with van der Waals surface area (Å²) in [5, 5.41) is 8.10. The van der Waals surface area contributed by atoms with Crippen molar-refractivity contribution in [1.29, 1.82) is 0 Å². The number of urea groups is 1. The number of rotatable bonds is 7. The standard InChI is InChI=1S/C23H26N6O3S/c30-22-26-19-20(17-4-1-2-5-18(17)25-21(19)27-22)32-12-3-7-24-23(31)29-10-8-28(9-11-29)14-16-6-13-33-15-16/h1-2,4-6,13,15H,3,7-12,14H2,(H,24,31)(H2,25,26,27,30). The normalized spacial score (nSPS) is 14.7. The number of imidazole rings is 1.